The third-order valence-electron chi connectivity index (χ3n) is 3.10. The Hall–Kier alpha value is -1.79. The van der Waals surface area contributed by atoms with Crippen LogP contribution in [0.15, 0.2) is 0 Å². The lowest BCUT2D eigenvalue weighted by Gasteiger charge is -2.32. The van der Waals surface area contributed by atoms with E-state index in [0.29, 0.717) is 13.1 Å². The summed E-state index contributed by atoms with van der Waals surface area (Å²) in [4.78, 5) is 36.0. The quantitative estimate of drug-likeness (QED) is 0.654. The van der Waals surface area contributed by atoms with Crippen molar-refractivity contribution < 1.29 is 19.5 Å². The van der Waals surface area contributed by atoms with Gasteiger partial charge in [-0.1, -0.05) is 20.8 Å². The van der Waals surface area contributed by atoms with Crippen molar-refractivity contribution in [1.29, 1.82) is 0 Å². The number of carboxylic acids is 1. The molecule has 0 aromatic carbocycles. The number of likely N-dealkylation sites (N-methyl/N-ethyl adjacent to an activating group) is 2. The van der Waals surface area contributed by atoms with E-state index in [9.17, 15) is 14.4 Å². The number of rotatable bonds is 7. The number of nitrogens with one attached hydrogen (secondary N) is 2. The summed E-state index contributed by atoms with van der Waals surface area (Å²) in [6.45, 7) is 9.98. The van der Waals surface area contributed by atoms with Gasteiger partial charge in [-0.15, -0.1) is 0 Å². The lowest BCUT2D eigenvalue weighted by Crippen LogP contribution is -2.52. The first-order valence-corrected chi connectivity index (χ1v) is 7.15. The average Bonchev–Trinajstić information content (AvgIpc) is 2.33. The van der Waals surface area contributed by atoms with Crippen LogP contribution >= 0.6 is 0 Å². The van der Waals surface area contributed by atoms with Crippen molar-refractivity contribution in [2.24, 2.45) is 5.41 Å². The summed E-state index contributed by atoms with van der Waals surface area (Å²) in [5.74, 6) is -1.21. The van der Waals surface area contributed by atoms with Crippen LogP contribution in [0, 0.1) is 5.41 Å². The second-order valence-corrected chi connectivity index (χ2v) is 5.93. The van der Waals surface area contributed by atoms with E-state index in [-0.39, 0.29) is 24.3 Å². The fourth-order valence-electron chi connectivity index (χ4n) is 1.74. The lowest BCUT2D eigenvalue weighted by atomic mass is 9.85. The molecule has 0 aliphatic carbocycles. The molecule has 0 radical (unpaired) electrons. The van der Waals surface area contributed by atoms with Gasteiger partial charge in [0.25, 0.3) is 0 Å². The fourth-order valence-corrected chi connectivity index (χ4v) is 1.74. The molecule has 0 fully saturated rings. The molecule has 0 saturated carbocycles. The highest BCUT2D eigenvalue weighted by atomic mass is 16.4. The van der Waals surface area contributed by atoms with Crippen LogP contribution in [0.1, 0.15) is 41.0 Å². The molecule has 0 aromatic rings. The van der Waals surface area contributed by atoms with Gasteiger partial charge >= 0.3 is 12.0 Å². The van der Waals surface area contributed by atoms with Gasteiger partial charge in [0, 0.05) is 19.1 Å². The Morgan fingerprint density at radius 1 is 1.19 bits per heavy atom. The summed E-state index contributed by atoms with van der Waals surface area (Å²) < 4.78 is 0. The molecule has 0 spiro atoms. The topological polar surface area (TPSA) is 98.7 Å². The maximum atomic E-state index is 12.2. The summed E-state index contributed by atoms with van der Waals surface area (Å²) >= 11 is 0. The predicted molar refractivity (Wildman–Crippen MR) is 80.0 cm³/mol. The lowest BCUT2D eigenvalue weighted by molar-refractivity contribution is -0.138. The summed E-state index contributed by atoms with van der Waals surface area (Å²) in [5.41, 5.74) is -0.390. The van der Waals surface area contributed by atoms with Crippen molar-refractivity contribution in [2.75, 3.05) is 19.6 Å². The number of aliphatic carboxylic acids is 1. The second kappa shape index (κ2) is 8.49. The molecule has 122 valence electrons. The maximum Gasteiger partial charge on any atom is 0.318 e. The zero-order valence-electron chi connectivity index (χ0n) is 13.5. The van der Waals surface area contributed by atoms with E-state index < -0.39 is 18.0 Å². The molecule has 1 atom stereocenters. The maximum absolute atomic E-state index is 12.2. The Labute approximate surface area is 126 Å². The first-order chi connectivity index (χ1) is 9.61. The van der Waals surface area contributed by atoms with E-state index in [1.54, 1.807) is 13.8 Å². The molecule has 0 heterocycles. The van der Waals surface area contributed by atoms with Crippen LogP contribution < -0.4 is 10.6 Å². The van der Waals surface area contributed by atoms with E-state index in [4.69, 9.17) is 5.11 Å². The van der Waals surface area contributed by atoms with Crippen LogP contribution in [0.4, 0.5) is 4.79 Å². The summed E-state index contributed by atoms with van der Waals surface area (Å²) in [7, 11) is 0. The number of carboxylic acid groups (broad SMARTS) is 1. The Morgan fingerprint density at radius 2 is 1.76 bits per heavy atom. The minimum atomic E-state index is -0.970. The summed E-state index contributed by atoms with van der Waals surface area (Å²) in [6, 6.07) is -0.935. The van der Waals surface area contributed by atoms with Gasteiger partial charge in [-0.3, -0.25) is 9.59 Å². The molecule has 7 nitrogen and oxygen atoms in total. The summed E-state index contributed by atoms with van der Waals surface area (Å²) in [6.07, 6.45) is -0.159. The Balaban J connectivity index is 4.78. The number of carbonyl (C=O) groups excluding carboxylic acids is 2. The van der Waals surface area contributed by atoms with E-state index in [1.807, 2.05) is 20.8 Å². The van der Waals surface area contributed by atoms with Crippen LogP contribution in [0.25, 0.3) is 0 Å². The average molecular weight is 301 g/mol. The van der Waals surface area contributed by atoms with Gasteiger partial charge in [0.1, 0.15) is 6.54 Å². The first-order valence-electron chi connectivity index (χ1n) is 7.15. The van der Waals surface area contributed by atoms with Gasteiger partial charge < -0.3 is 20.6 Å². The molecule has 0 aliphatic heterocycles. The number of hydrogen-bond donors (Lipinski definition) is 3. The molecule has 0 saturated heterocycles. The van der Waals surface area contributed by atoms with E-state index >= 15 is 0 Å². The highest BCUT2D eigenvalue weighted by Crippen LogP contribution is 2.22. The van der Waals surface area contributed by atoms with Crippen LogP contribution in [0.5, 0.6) is 0 Å². The van der Waals surface area contributed by atoms with Gasteiger partial charge in [0.15, 0.2) is 0 Å². The van der Waals surface area contributed by atoms with Crippen LogP contribution in [-0.4, -0.2) is 53.6 Å². The Bertz CT molecular complexity index is 377. The van der Waals surface area contributed by atoms with E-state index in [1.165, 1.54) is 4.90 Å². The molecule has 21 heavy (non-hydrogen) atoms. The largest absolute Gasteiger partial charge is 0.481 e. The molecule has 0 bridgehead atoms. The molecule has 3 N–H and O–H groups in total. The van der Waals surface area contributed by atoms with Crippen molar-refractivity contribution in [1.82, 2.24) is 15.5 Å². The molecule has 7 heteroatoms. The highest BCUT2D eigenvalue weighted by Gasteiger charge is 2.30. The van der Waals surface area contributed by atoms with Gasteiger partial charge in [-0.2, -0.15) is 0 Å². The van der Waals surface area contributed by atoms with Crippen molar-refractivity contribution >= 4 is 17.9 Å². The van der Waals surface area contributed by atoms with Gasteiger partial charge in [0.05, 0.1) is 6.42 Å². The van der Waals surface area contributed by atoms with Crippen molar-refractivity contribution in [3.8, 4) is 0 Å². The normalized spacial score (nSPS) is 12.4. The Kier molecular flexibility index (Phi) is 7.76. The van der Waals surface area contributed by atoms with E-state index in [2.05, 4.69) is 10.6 Å². The zero-order chi connectivity index (χ0) is 16.6. The van der Waals surface area contributed by atoms with Gasteiger partial charge in [-0.25, -0.2) is 4.79 Å². The third-order valence-corrected chi connectivity index (χ3v) is 3.10. The predicted octanol–water partition coefficient (Wildman–Crippen LogP) is 1.04. The minimum Gasteiger partial charge on any atom is -0.481 e. The summed E-state index contributed by atoms with van der Waals surface area (Å²) in [5, 5.41) is 14.3. The molecule has 1 unspecified atom stereocenters. The molecular weight excluding hydrogens is 274 g/mol. The number of hydrogen-bond acceptors (Lipinski definition) is 3. The SMILES string of the molecule is CCNC(=O)CN(CC)C(=O)NC(CC(=O)O)C(C)(C)C. The number of carbonyl (C=O) groups is 3. The van der Waals surface area contributed by atoms with Crippen molar-refractivity contribution in [3.05, 3.63) is 0 Å². The second-order valence-electron chi connectivity index (χ2n) is 5.93. The van der Waals surface area contributed by atoms with Crippen LogP contribution in [0.2, 0.25) is 0 Å². The standard InChI is InChI=1S/C14H27N3O4/c1-6-15-11(18)9-17(7-2)13(21)16-10(8-12(19)20)14(3,4)5/h10H,6-9H2,1-5H3,(H,15,18)(H,16,21)(H,19,20). The van der Waals surface area contributed by atoms with Gasteiger partial charge in [0.2, 0.25) is 5.91 Å². The van der Waals surface area contributed by atoms with Crippen molar-refractivity contribution in [2.45, 2.75) is 47.1 Å². The van der Waals surface area contributed by atoms with Crippen LogP contribution in [0.3, 0.4) is 0 Å². The first kappa shape index (κ1) is 19.2. The molecule has 0 aromatic heterocycles. The zero-order valence-corrected chi connectivity index (χ0v) is 13.5. The number of nitrogens with zero attached hydrogens (tertiary/aromatic N) is 1. The van der Waals surface area contributed by atoms with Gasteiger partial charge in [-0.05, 0) is 19.3 Å². The smallest absolute Gasteiger partial charge is 0.318 e. The molecule has 0 aliphatic rings. The highest BCUT2D eigenvalue weighted by molar-refractivity contribution is 5.84. The van der Waals surface area contributed by atoms with E-state index in [0.717, 1.165) is 0 Å². The molecule has 0 rings (SSSR count). The third kappa shape index (κ3) is 7.53. The van der Waals surface area contributed by atoms with Crippen LogP contribution in [-0.2, 0) is 9.59 Å². The Morgan fingerprint density at radius 3 is 2.14 bits per heavy atom. The monoisotopic (exact) mass is 301 g/mol. The fraction of sp³-hybridized carbons (Fsp3) is 0.786. The molecular formula is C14H27N3O4. The minimum absolute atomic E-state index is 0.0416. The number of urea groups is 1. The number of amides is 3. The van der Waals surface area contributed by atoms with Crippen molar-refractivity contribution in [3.63, 3.8) is 0 Å². The molecule has 3 amide bonds.